The molecule has 2 aromatic heterocycles. The van der Waals surface area contributed by atoms with Crippen molar-refractivity contribution in [2.75, 3.05) is 10.6 Å². The molecule has 0 aliphatic heterocycles. The third kappa shape index (κ3) is 5.66. The lowest BCUT2D eigenvalue weighted by Crippen LogP contribution is -2.07. The Hall–Kier alpha value is -4.33. The molecule has 0 atom stereocenters. The van der Waals surface area contributed by atoms with Gasteiger partial charge in [-0.1, -0.05) is 59.1 Å². The van der Waals surface area contributed by atoms with E-state index in [0.717, 1.165) is 0 Å². The fourth-order valence-electron chi connectivity index (χ4n) is 2.82. The molecule has 16 heteroatoms. The number of pyridine rings is 1. The van der Waals surface area contributed by atoms with Crippen molar-refractivity contribution >= 4 is 69.4 Å². The fraction of sp³-hybridized carbons (Fsp3) is 0. The molecular weight excluding hydrogens is 539 g/mol. The lowest BCUT2D eigenvalue weighted by Gasteiger charge is -2.11. The van der Waals surface area contributed by atoms with Crippen LogP contribution in [0.5, 0.6) is 11.9 Å². The van der Waals surface area contributed by atoms with E-state index in [1.165, 1.54) is 42.5 Å². The molecule has 0 fully saturated rings. The molecule has 182 valence electrons. The number of nitrogens with one attached hydrogen (secondary N) is 2. The van der Waals surface area contributed by atoms with Crippen molar-refractivity contribution in [3.05, 3.63) is 90.0 Å². The smallest absolute Gasteiger partial charge is 0.330 e. The quantitative estimate of drug-likeness (QED) is 0.143. The maximum Gasteiger partial charge on any atom is 0.330 e. The number of hydrogen-bond acceptors (Lipinski definition) is 11. The molecule has 2 N–H and O–H groups in total. The number of nitro benzene ring substituents is 2. The first-order valence-corrected chi connectivity index (χ1v) is 10.8. The summed E-state index contributed by atoms with van der Waals surface area (Å²) >= 11 is 17.9. The summed E-state index contributed by atoms with van der Waals surface area (Å²) in [6.45, 7) is 0. The van der Waals surface area contributed by atoms with Crippen molar-refractivity contribution in [3.8, 4) is 11.9 Å². The zero-order valence-corrected chi connectivity index (χ0v) is 19.8. The second-order valence-electron chi connectivity index (χ2n) is 6.71. The fourth-order valence-corrected chi connectivity index (χ4v) is 3.35. The summed E-state index contributed by atoms with van der Waals surface area (Å²) in [5.74, 6) is -0.566. The van der Waals surface area contributed by atoms with Crippen molar-refractivity contribution < 1.29 is 14.6 Å². The Kier molecular flexibility index (Phi) is 7.24. The lowest BCUT2D eigenvalue weighted by molar-refractivity contribution is -0.384. The molecule has 2 aromatic carbocycles. The molecule has 0 amide bonds. The number of nitro groups is 2. The van der Waals surface area contributed by atoms with Crippen LogP contribution in [0.4, 0.5) is 34.6 Å². The molecule has 0 spiro atoms. The molecular formula is C20H11Cl3N8O5. The van der Waals surface area contributed by atoms with Gasteiger partial charge in [-0.25, -0.2) is 0 Å². The molecule has 36 heavy (non-hydrogen) atoms. The molecule has 13 nitrogen and oxygen atoms in total. The molecule has 0 saturated carbocycles. The van der Waals surface area contributed by atoms with Crippen molar-refractivity contribution in [2.45, 2.75) is 0 Å². The number of benzene rings is 2. The molecule has 0 aliphatic carbocycles. The van der Waals surface area contributed by atoms with Gasteiger partial charge in [-0.3, -0.25) is 20.2 Å². The van der Waals surface area contributed by atoms with E-state index in [9.17, 15) is 20.2 Å². The Labute approximate surface area is 216 Å². The van der Waals surface area contributed by atoms with Crippen LogP contribution in [0.2, 0.25) is 15.2 Å². The van der Waals surface area contributed by atoms with Gasteiger partial charge in [-0.15, -0.1) is 0 Å². The standard InChI is InChI=1S/C20H11Cl3N8O5/c21-10-9-11(22)17(26-16(10)23)36-20-28-18(24-12-5-1-3-7-14(12)30(32)33)27-19(29-20)25-13-6-2-4-8-15(13)31(34)35/h1-9H,(H2,24,25,27,28,29). The highest BCUT2D eigenvalue weighted by Crippen LogP contribution is 2.34. The molecule has 0 aliphatic rings. The second-order valence-corrected chi connectivity index (χ2v) is 7.89. The number of hydrogen-bond donors (Lipinski definition) is 2. The highest BCUT2D eigenvalue weighted by atomic mass is 35.5. The van der Waals surface area contributed by atoms with Gasteiger partial charge in [0, 0.05) is 12.1 Å². The van der Waals surface area contributed by atoms with Crippen molar-refractivity contribution in [3.63, 3.8) is 0 Å². The first kappa shape index (κ1) is 24.8. The maximum absolute atomic E-state index is 11.4. The Bertz CT molecular complexity index is 1410. The van der Waals surface area contributed by atoms with Crippen LogP contribution < -0.4 is 15.4 Å². The van der Waals surface area contributed by atoms with E-state index in [-0.39, 0.29) is 61.7 Å². The number of anilines is 4. The van der Waals surface area contributed by atoms with Crippen LogP contribution in [-0.4, -0.2) is 29.8 Å². The van der Waals surface area contributed by atoms with Gasteiger partial charge in [0.1, 0.15) is 16.4 Å². The highest BCUT2D eigenvalue weighted by Gasteiger charge is 2.19. The van der Waals surface area contributed by atoms with Gasteiger partial charge in [0.05, 0.1) is 14.9 Å². The summed E-state index contributed by atoms with van der Waals surface area (Å²) in [6, 6.07) is 12.5. The SMILES string of the molecule is O=[N+]([O-])c1ccccc1Nc1nc(Nc2ccccc2[N+](=O)[O-])nc(Oc2nc(Cl)c(Cl)cc2Cl)n1. The third-order valence-electron chi connectivity index (χ3n) is 4.35. The van der Waals surface area contributed by atoms with Crippen LogP contribution >= 0.6 is 34.8 Å². The average Bonchev–Trinajstić information content (AvgIpc) is 2.83. The molecule has 0 radical (unpaired) electrons. The van der Waals surface area contributed by atoms with E-state index < -0.39 is 9.85 Å². The van der Waals surface area contributed by atoms with Crippen LogP contribution in [0.25, 0.3) is 0 Å². The second kappa shape index (κ2) is 10.5. The van der Waals surface area contributed by atoms with E-state index in [4.69, 9.17) is 39.5 Å². The van der Waals surface area contributed by atoms with Crippen LogP contribution in [-0.2, 0) is 0 Å². The molecule has 0 unspecified atom stereocenters. The number of halogens is 3. The Balaban J connectivity index is 1.77. The third-order valence-corrected chi connectivity index (χ3v) is 5.30. The summed E-state index contributed by atoms with van der Waals surface area (Å²) < 4.78 is 5.56. The minimum atomic E-state index is -0.590. The predicted molar refractivity (Wildman–Crippen MR) is 132 cm³/mol. The summed E-state index contributed by atoms with van der Waals surface area (Å²) in [7, 11) is 0. The van der Waals surface area contributed by atoms with Gasteiger partial charge in [0.15, 0.2) is 5.15 Å². The molecule has 0 bridgehead atoms. The van der Waals surface area contributed by atoms with E-state index in [1.807, 2.05) is 0 Å². The van der Waals surface area contributed by atoms with Crippen LogP contribution in [0.1, 0.15) is 0 Å². The molecule has 4 rings (SSSR count). The van der Waals surface area contributed by atoms with Gasteiger partial charge in [0.2, 0.25) is 17.8 Å². The summed E-state index contributed by atoms with van der Waals surface area (Å²) in [4.78, 5) is 37.9. The minimum absolute atomic E-state index is 0.00812. The van der Waals surface area contributed by atoms with E-state index in [0.29, 0.717) is 0 Å². The first-order chi connectivity index (χ1) is 17.2. The molecule has 2 heterocycles. The largest absolute Gasteiger partial charge is 0.403 e. The van der Waals surface area contributed by atoms with Crippen LogP contribution in [0, 0.1) is 20.2 Å². The zero-order chi connectivity index (χ0) is 25.8. The first-order valence-electron chi connectivity index (χ1n) is 9.67. The Morgan fingerprint density at radius 3 is 1.72 bits per heavy atom. The number of nitrogens with zero attached hydrogens (tertiary/aromatic N) is 6. The number of para-hydroxylation sites is 4. The van der Waals surface area contributed by atoms with Crippen molar-refractivity contribution in [2.24, 2.45) is 0 Å². The summed E-state index contributed by atoms with van der Waals surface area (Å²) in [5, 5.41) is 28.2. The van der Waals surface area contributed by atoms with Crippen LogP contribution in [0.15, 0.2) is 54.6 Å². The average molecular weight is 550 g/mol. The minimum Gasteiger partial charge on any atom is -0.403 e. The topological polar surface area (TPSA) is 171 Å². The van der Waals surface area contributed by atoms with Crippen molar-refractivity contribution in [1.82, 2.24) is 19.9 Å². The summed E-state index contributed by atoms with van der Waals surface area (Å²) in [6.07, 6.45) is 0. The van der Waals surface area contributed by atoms with E-state index in [1.54, 1.807) is 12.1 Å². The highest BCUT2D eigenvalue weighted by molar-refractivity contribution is 6.42. The van der Waals surface area contributed by atoms with E-state index in [2.05, 4.69) is 30.6 Å². The number of rotatable bonds is 8. The van der Waals surface area contributed by atoms with Crippen molar-refractivity contribution in [1.29, 1.82) is 0 Å². The van der Waals surface area contributed by atoms with E-state index >= 15 is 0 Å². The zero-order valence-electron chi connectivity index (χ0n) is 17.6. The lowest BCUT2D eigenvalue weighted by atomic mass is 10.2. The van der Waals surface area contributed by atoms with Gasteiger partial charge in [-0.05, 0) is 18.2 Å². The molecule has 4 aromatic rings. The van der Waals surface area contributed by atoms with Gasteiger partial charge < -0.3 is 15.4 Å². The maximum atomic E-state index is 11.4. The monoisotopic (exact) mass is 548 g/mol. The Morgan fingerprint density at radius 1 is 0.722 bits per heavy atom. The molecule has 0 saturated heterocycles. The van der Waals surface area contributed by atoms with Crippen LogP contribution in [0.3, 0.4) is 0 Å². The predicted octanol–water partition coefficient (Wildman–Crippen LogP) is 6.32. The normalized spacial score (nSPS) is 10.5. The van der Waals surface area contributed by atoms with Gasteiger partial charge in [-0.2, -0.15) is 19.9 Å². The Morgan fingerprint density at radius 2 is 1.22 bits per heavy atom. The summed E-state index contributed by atoms with van der Waals surface area (Å²) in [5.41, 5.74) is -0.352. The number of ether oxygens (including phenoxy) is 1. The number of aromatic nitrogens is 4. The van der Waals surface area contributed by atoms with Gasteiger partial charge >= 0.3 is 6.01 Å². The van der Waals surface area contributed by atoms with Gasteiger partial charge in [0.25, 0.3) is 11.4 Å².